The van der Waals surface area contributed by atoms with Gasteiger partial charge in [0.1, 0.15) is 5.76 Å². The molecule has 1 nitrogen and oxygen atoms in total. The fourth-order valence-electron chi connectivity index (χ4n) is 1.50. The molecule has 0 radical (unpaired) electrons. The Hall–Kier alpha value is -0.980. The van der Waals surface area contributed by atoms with Gasteiger partial charge in [0.05, 0.1) is 0 Å². The molecule has 0 aliphatic rings. The van der Waals surface area contributed by atoms with E-state index in [9.17, 15) is 5.11 Å². The molecule has 0 rings (SSSR count). The molecule has 0 bridgehead atoms. The van der Waals surface area contributed by atoms with Crippen molar-refractivity contribution in [1.82, 2.24) is 0 Å². The fourth-order valence-corrected chi connectivity index (χ4v) is 1.50. The molecule has 0 aliphatic carbocycles. The minimum Gasteiger partial charge on any atom is -0.508 e. The molecule has 2 atom stereocenters. The molecule has 1 heteroatoms. The van der Waals surface area contributed by atoms with Gasteiger partial charge in [0.25, 0.3) is 0 Å². The lowest BCUT2D eigenvalue weighted by Crippen LogP contribution is -1.93. The molecular formula is C15H26O. The number of aliphatic hydroxyl groups is 1. The standard InChI is InChI=1S/C15H26O/c1-6-8-12(3)11-15(16)10-9-14(5)13(4)7-2/h9-13,16H,5-8H2,1-4H3/b10-9-,15-11+. The zero-order valence-corrected chi connectivity index (χ0v) is 11.2. The maximum absolute atomic E-state index is 9.68. The molecule has 0 spiro atoms. The maximum Gasteiger partial charge on any atom is 0.111 e. The van der Waals surface area contributed by atoms with Crippen molar-refractivity contribution in [1.29, 1.82) is 0 Å². The Morgan fingerprint density at radius 2 is 1.88 bits per heavy atom. The van der Waals surface area contributed by atoms with Gasteiger partial charge in [-0.05, 0) is 36.8 Å². The van der Waals surface area contributed by atoms with Crippen LogP contribution in [0.1, 0.15) is 47.0 Å². The zero-order chi connectivity index (χ0) is 12.6. The molecule has 16 heavy (non-hydrogen) atoms. The van der Waals surface area contributed by atoms with Crippen molar-refractivity contribution in [2.45, 2.75) is 47.0 Å². The first-order valence-electron chi connectivity index (χ1n) is 6.28. The van der Waals surface area contributed by atoms with Crippen molar-refractivity contribution in [2.24, 2.45) is 11.8 Å². The Labute approximate surface area is 101 Å². The second kappa shape index (κ2) is 8.20. The molecule has 0 fully saturated rings. The van der Waals surface area contributed by atoms with E-state index in [0.29, 0.717) is 17.6 Å². The van der Waals surface area contributed by atoms with E-state index in [0.717, 1.165) is 24.8 Å². The number of aliphatic hydroxyl groups excluding tert-OH is 1. The van der Waals surface area contributed by atoms with Gasteiger partial charge in [-0.2, -0.15) is 0 Å². The predicted octanol–water partition coefficient (Wildman–Crippen LogP) is 5.02. The Bertz CT molecular complexity index is 261. The summed E-state index contributed by atoms with van der Waals surface area (Å²) in [6.45, 7) is 12.6. The van der Waals surface area contributed by atoms with E-state index >= 15 is 0 Å². The summed E-state index contributed by atoms with van der Waals surface area (Å²) >= 11 is 0. The molecule has 0 aliphatic heterocycles. The van der Waals surface area contributed by atoms with Crippen LogP contribution in [0, 0.1) is 11.8 Å². The Kier molecular flexibility index (Phi) is 7.70. The molecule has 0 heterocycles. The highest BCUT2D eigenvalue weighted by molar-refractivity contribution is 5.23. The second-order valence-corrected chi connectivity index (χ2v) is 4.58. The van der Waals surface area contributed by atoms with Gasteiger partial charge in [-0.25, -0.2) is 0 Å². The smallest absolute Gasteiger partial charge is 0.111 e. The van der Waals surface area contributed by atoms with Crippen LogP contribution in [0.3, 0.4) is 0 Å². The Balaban J connectivity index is 4.27. The van der Waals surface area contributed by atoms with Gasteiger partial charge in [0.2, 0.25) is 0 Å². The second-order valence-electron chi connectivity index (χ2n) is 4.58. The predicted molar refractivity (Wildman–Crippen MR) is 72.5 cm³/mol. The Morgan fingerprint density at radius 1 is 1.25 bits per heavy atom. The highest BCUT2D eigenvalue weighted by Gasteiger charge is 2.01. The van der Waals surface area contributed by atoms with E-state index in [-0.39, 0.29) is 0 Å². The lowest BCUT2D eigenvalue weighted by atomic mass is 9.99. The van der Waals surface area contributed by atoms with Crippen LogP contribution in [0.2, 0.25) is 0 Å². The van der Waals surface area contributed by atoms with E-state index in [1.165, 1.54) is 0 Å². The molecule has 0 saturated heterocycles. The van der Waals surface area contributed by atoms with Crippen LogP contribution in [0.25, 0.3) is 0 Å². The summed E-state index contributed by atoms with van der Waals surface area (Å²) in [6.07, 6.45) is 8.92. The van der Waals surface area contributed by atoms with Crippen LogP contribution in [0.5, 0.6) is 0 Å². The van der Waals surface area contributed by atoms with Crippen molar-refractivity contribution in [2.75, 3.05) is 0 Å². The summed E-state index contributed by atoms with van der Waals surface area (Å²) in [5.74, 6) is 1.27. The average molecular weight is 222 g/mol. The van der Waals surface area contributed by atoms with Crippen LogP contribution in [0.15, 0.2) is 36.1 Å². The fraction of sp³-hybridized carbons (Fsp3) is 0.600. The molecule has 0 amide bonds. The first kappa shape index (κ1) is 15.0. The first-order valence-corrected chi connectivity index (χ1v) is 6.28. The van der Waals surface area contributed by atoms with Crippen LogP contribution in [0.4, 0.5) is 0 Å². The monoisotopic (exact) mass is 222 g/mol. The number of hydrogen-bond donors (Lipinski definition) is 1. The largest absolute Gasteiger partial charge is 0.508 e. The van der Waals surface area contributed by atoms with Gasteiger partial charge >= 0.3 is 0 Å². The minimum absolute atomic E-state index is 0.352. The zero-order valence-electron chi connectivity index (χ0n) is 11.2. The molecule has 0 aromatic heterocycles. The van der Waals surface area contributed by atoms with Gasteiger partial charge in [-0.15, -0.1) is 0 Å². The number of rotatable bonds is 7. The third kappa shape index (κ3) is 6.49. The van der Waals surface area contributed by atoms with Crippen molar-refractivity contribution >= 4 is 0 Å². The van der Waals surface area contributed by atoms with Crippen LogP contribution in [-0.2, 0) is 0 Å². The van der Waals surface area contributed by atoms with Crippen LogP contribution < -0.4 is 0 Å². The molecule has 2 unspecified atom stereocenters. The van der Waals surface area contributed by atoms with Gasteiger partial charge in [0, 0.05) is 0 Å². The lowest BCUT2D eigenvalue weighted by Gasteiger charge is -2.07. The summed E-state index contributed by atoms with van der Waals surface area (Å²) in [7, 11) is 0. The minimum atomic E-state index is 0.352. The molecule has 0 saturated carbocycles. The topological polar surface area (TPSA) is 20.2 Å². The van der Waals surface area contributed by atoms with E-state index in [4.69, 9.17) is 0 Å². The van der Waals surface area contributed by atoms with Gasteiger partial charge < -0.3 is 5.11 Å². The average Bonchev–Trinajstić information content (AvgIpc) is 2.24. The van der Waals surface area contributed by atoms with Crippen LogP contribution in [-0.4, -0.2) is 5.11 Å². The molecular weight excluding hydrogens is 196 g/mol. The number of hydrogen-bond acceptors (Lipinski definition) is 1. The van der Waals surface area contributed by atoms with E-state index in [2.05, 4.69) is 34.3 Å². The molecule has 0 aromatic carbocycles. The summed E-state index contributed by atoms with van der Waals surface area (Å²) in [5.41, 5.74) is 1.07. The van der Waals surface area contributed by atoms with E-state index in [1.54, 1.807) is 6.08 Å². The molecule has 92 valence electrons. The highest BCUT2D eigenvalue weighted by Crippen LogP contribution is 2.15. The van der Waals surface area contributed by atoms with Crippen molar-refractivity contribution in [3.63, 3.8) is 0 Å². The van der Waals surface area contributed by atoms with Gasteiger partial charge in [0.15, 0.2) is 0 Å². The third-order valence-electron chi connectivity index (χ3n) is 2.91. The highest BCUT2D eigenvalue weighted by atomic mass is 16.3. The third-order valence-corrected chi connectivity index (χ3v) is 2.91. The summed E-state index contributed by atoms with van der Waals surface area (Å²) in [5, 5.41) is 9.68. The number of allylic oxidation sites excluding steroid dienone is 4. The summed E-state index contributed by atoms with van der Waals surface area (Å²) in [4.78, 5) is 0. The van der Waals surface area contributed by atoms with Crippen molar-refractivity contribution < 1.29 is 5.11 Å². The summed E-state index contributed by atoms with van der Waals surface area (Å²) < 4.78 is 0. The van der Waals surface area contributed by atoms with Crippen LogP contribution >= 0.6 is 0 Å². The quantitative estimate of drug-likeness (QED) is 0.473. The summed E-state index contributed by atoms with van der Waals surface area (Å²) in [6, 6.07) is 0. The lowest BCUT2D eigenvalue weighted by molar-refractivity contribution is 0.422. The SMILES string of the molecule is C=C(/C=C\C(O)=C/C(C)CCC)C(C)CC. The molecule has 1 N–H and O–H groups in total. The van der Waals surface area contributed by atoms with Crippen molar-refractivity contribution in [3.8, 4) is 0 Å². The van der Waals surface area contributed by atoms with Gasteiger partial charge in [-0.1, -0.05) is 52.3 Å². The first-order chi connectivity index (χ1) is 7.51. The van der Waals surface area contributed by atoms with Gasteiger partial charge in [-0.3, -0.25) is 0 Å². The van der Waals surface area contributed by atoms with E-state index in [1.807, 2.05) is 12.2 Å². The van der Waals surface area contributed by atoms with Crippen molar-refractivity contribution in [3.05, 3.63) is 36.1 Å². The molecule has 0 aromatic rings. The van der Waals surface area contributed by atoms with E-state index < -0.39 is 0 Å². The normalized spacial score (nSPS) is 16.4. The Morgan fingerprint density at radius 3 is 2.38 bits per heavy atom. The maximum atomic E-state index is 9.68.